The first kappa shape index (κ1) is 11.6. The first-order chi connectivity index (χ1) is 7.86. The van der Waals surface area contributed by atoms with E-state index in [-0.39, 0.29) is 12.1 Å². The first-order valence-corrected chi connectivity index (χ1v) is 6.12. The van der Waals surface area contributed by atoms with E-state index in [1.807, 2.05) is 12.1 Å². The van der Waals surface area contributed by atoms with Gasteiger partial charge in [0.15, 0.2) is 0 Å². The van der Waals surface area contributed by atoms with Crippen molar-refractivity contribution >= 4 is 0 Å². The monoisotopic (exact) mass is 220 g/mol. The highest BCUT2D eigenvalue weighted by atomic mass is 16.5. The van der Waals surface area contributed by atoms with E-state index in [4.69, 9.17) is 10.5 Å². The summed E-state index contributed by atoms with van der Waals surface area (Å²) in [5.74, 6) is 0. The summed E-state index contributed by atoms with van der Waals surface area (Å²) < 4.78 is 5.91. The third-order valence-corrected chi connectivity index (χ3v) is 3.22. The van der Waals surface area contributed by atoms with E-state index >= 15 is 0 Å². The minimum Gasteiger partial charge on any atom is -0.372 e. The summed E-state index contributed by atoms with van der Waals surface area (Å²) in [6.45, 7) is 0.654. The predicted octanol–water partition coefficient (Wildman–Crippen LogP) is 2.26. The fraction of sp³-hybridized carbons (Fsp3) is 0.615. The van der Waals surface area contributed by atoms with Crippen LogP contribution in [0.25, 0.3) is 0 Å². The van der Waals surface area contributed by atoms with Crippen molar-refractivity contribution in [3.05, 3.63) is 30.1 Å². The van der Waals surface area contributed by atoms with Crippen molar-refractivity contribution in [2.75, 3.05) is 0 Å². The number of rotatable bonds is 3. The minimum absolute atomic E-state index is 0.212. The Hall–Kier alpha value is -0.930. The fourth-order valence-electron chi connectivity index (χ4n) is 2.19. The Morgan fingerprint density at radius 1 is 1.19 bits per heavy atom. The molecule has 3 heteroatoms. The molecule has 0 aliphatic heterocycles. The van der Waals surface area contributed by atoms with Crippen molar-refractivity contribution in [2.24, 2.45) is 5.73 Å². The van der Waals surface area contributed by atoms with Crippen LogP contribution < -0.4 is 5.73 Å². The van der Waals surface area contributed by atoms with Crippen molar-refractivity contribution in [1.82, 2.24) is 4.98 Å². The van der Waals surface area contributed by atoms with E-state index in [9.17, 15) is 0 Å². The second-order valence-electron chi connectivity index (χ2n) is 4.51. The highest BCUT2D eigenvalue weighted by Crippen LogP contribution is 2.20. The van der Waals surface area contributed by atoms with Crippen LogP contribution in [0.5, 0.6) is 0 Å². The molecule has 0 spiro atoms. The first-order valence-electron chi connectivity index (χ1n) is 6.12. The number of aromatic nitrogens is 1. The van der Waals surface area contributed by atoms with E-state index < -0.39 is 0 Å². The minimum atomic E-state index is 0.212. The van der Waals surface area contributed by atoms with E-state index in [0.29, 0.717) is 6.61 Å². The largest absolute Gasteiger partial charge is 0.372 e. The highest BCUT2D eigenvalue weighted by Gasteiger charge is 2.20. The molecule has 2 rings (SSSR count). The smallest absolute Gasteiger partial charge is 0.0730 e. The Kier molecular flexibility index (Phi) is 4.31. The van der Waals surface area contributed by atoms with Gasteiger partial charge in [-0.2, -0.15) is 0 Å². The van der Waals surface area contributed by atoms with Crippen LogP contribution >= 0.6 is 0 Å². The summed E-state index contributed by atoms with van der Waals surface area (Å²) in [7, 11) is 0. The SMILES string of the molecule is NC1CCCCCC1OCc1ccncc1. The van der Waals surface area contributed by atoms with E-state index in [1.165, 1.54) is 24.8 Å². The zero-order valence-corrected chi connectivity index (χ0v) is 9.64. The molecule has 0 amide bonds. The number of hydrogen-bond acceptors (Lipinski definition) is 3. The van der Waals surface area contributed by atoms with Crippen molar-refractivity contribution in [1.29, 1.82) is 0 Å². The van der Waals surface area contributed by atoms with Crippen LogP contribution in [-0.2, 0) is 11.3 Å². The number of pyridine rings is 1. The molecule has 1 aliphatic carbocycles. The van der Waals surface area contributed by atoms with Gasteiger partial charge in [-0.25, -0.2) is 0 Å². The van der Waals surface area contributed by atoms with Crippen LogP contribution in [0.2, 0.25) is 0 Å². The molecule has 0 saturated heterocycles. The molecule has 88 valence electrons. The number of hydrogen-bond donors (Lipinski definition) is 1. The van der Waals surface area contributed by atoms with Gasteiger partial charge in [0.25, 0.3) is 0 Å². The molecular weight excluding hydrogens is 200 g/mol. The van der Waals surface area contributed by atoms with Gasteiger partial charge in [-0.3, -0.25) is 4.98 Å². The molecular formula is C13H20N2O. The number of nitrogens with zero attached hydrogens (tertiary/aromatic N) is 1. The molecule has 1 heterocycles. The standard InChI is InChI=1S/C13H20N2O/c14-12-4-2-1-3-5-13(12)16-10-11-6-8-15-9-7-11/h6-9,12-13H,1-5,10,14H2. The highest BCUT2D eigenvalue weighted by molar-refractivity contribution is 5.08. The molecule has 1 aromatic rings. The van der Waals surface area contributed by atoms with Crippen LogP contribution in [0.1, 0.15) is 37.7 Å². The quantitative estimate of drug-likeness (QED) is 0.795. The fourth-order valence-corrected chi connectivity index (χ4v) is 2.19. The third-order valence-electron chi connectivity index (χ3n) is 3.22. The summed E-state index contributed by atoms with van der Waals surface area (Å²) in [5, 5.41) is 0. The molecule has 0 aromatic carbocycles. The van der Waals surface area contributed by atoms with Gasteiger partial charge in [0, 0.05) is 18.4 Å². The molecule has 2 N–H and O–H groups in total. The zero-order valence-electron chi connectivity index (χ0n) is 9.64. The Morgan fingerprint density at radius 2 is 1.94 bits per heavy atom. The van der Waals surface area contributed by atoms with Gasteiger partial charge in [0.1, 0.15) is 0 Å². The molecule has 1 fully saturated rings. The van der Waals surface area contributed by atoms with E-state index in [1.54, 1.807) is 12.4 Å². The topological polar surface area (TPSA) is 48.1 Å². The molecule has 1 aliphatic rings. The molecule has 0 radical (unpaired) electrons. The lowest BCUT2D eigenvalue weighted by molar-refractivity contribution is 0.0194. The zero-order chi connectivity index (χ0) is 11.2. The lowest BCUT2D eigenvalue weighted by Gasteiger charge is -2.21. The van der Waals surface area contributed by atoms with Crippen LogP contribution in [0, 0.1) is 0 Å². The predicted molar refractivity (Wildman–Crippen MR) is 63.9 cm³/mol. The van der Waals surface area contributed by atoms with Gasteiger partial charge in [0.2, 0.25) is 0 Å². The van der Waals surface area contributed by atoms with Gasteiger partial charge in [-0.1, -0.05) is 19.3 Å². The summed E-state index contributed by atoms with van der Waals surface area (Å²) in [5.41, 5.74) is 7.28. The summed E-state index contributed by atoms with van der Waals surface area (Å²) in [4.78, 5) is 3.99. The molecule has 16 heavy (non-hydrogen) atoms. The summed E-state index contributed by atoms with van der Waals surface area (Å²) >= 11 is 0. The van der Waals surface area contributed by atoms with Crippen molar-refractivity contribution in [3.8, 4) is 0 Å². The van der Waals surface area contributed by atoms with Crippen molar-refractivity contribution in [2.45, 2.75) is 50.9 Å². The lowest BCUT2D eigenvalue weighted by Crippen LogP contribution is -2.35. The second kappa shape index (κ2) is 5.97. The van der Waals surface area contributed by atoms with E-state index in [0.717, 1.165) is 12.8 Å². The Labute approximate surface area is 97.0 Å². The van der Waals surface area contributed by atoms with Crippen molar-refractivity contribution < 1.29 is 4.74 Å². The Bertz CT molecular complexity index is 302. The molecule has 2 unspecified atom stereocenters. The number of nitrogens with two attached hydrogens (primary N) is 1. The maximum atomic E-state index is 6.11. The third kappa shape index (κ3) is 3.29. The maximum absolute atomic E-state index is 6.11. The van der Waals surface area contributed by atoms with Gasteiger partial charge in [-0.15, -0.1) is 0 Å². The van der Waals surface area contributed by atoms with Gasteiger partial charge in [0.05, 0.1) is 12.7 Å². The molecule has 2 atom stereocenters. The molecule has 1 saturated carbocycles. The average molecular weight is 220 g/mol. The Balaban J connectivity index is 1.84. The van der Waals surface area contributed by atoms with Crippen LogP contribution in [-0.4, -0.2) is 17.1 Å². The normalized spacial score (nSPS) is 26.3. The van der Waals surface area contributed by atoms with Crippen molar-refractivity contribution in [3.63, 3.8) is 0 Å². The van der Waals surface area contributed by atoms with E-state index in [2.05, 4.69) is 4.98 Å². The molecule has 0 bridgehead atoms. The van der Waals surface area contributed by atoms with Crippen LogP contribution in [0.15, 0.2) is 24.5 Å². The Morgan fingerprint density at radius 3 is 2.75 bits per heavy atom. The second-order valence-corrected chi connectivity index (χ2v) is 4.51. The molecule has 3 nitrogen and oxygen atoms in total. The van der Waals surface area contributed by atoms with Gasteiger partial charge in [-0.05, 0) is 30.5 Å². The van der Waals surface area contributed by atoms with Gasteiger partial charge >= 0.3 is 0 Å². The van der Waals surface area contributed by atoms with Crippen LogP contribution in [0.4, 0.5) is 0 Å². The number of ether oxygens (including phenoxy) is 1. The lowest BCUT2D eigenvalue weighted by atomic mass is 10.1. The molecule has 1 aromatic heterocycles. The summed E-state index contributed by atoms with van der Waals surface area (Å²) in [6, 6.07) is 4.19. The average Bonchev–Trinajstić information content (AvgIpc) is 2.53. The van der Waals surface area contributed by atoms with Crippen LogP contribution in [0.3, 0.4) is 0 Å². The summed E-state index contributed by atoms with van der Waals surface area (Å²) in [6.07, 6.45) is 9.81. The van der Waals surface area contributed by atoms with Gasteiger partial charge < -0.3 is 10.5 Å². The maximum Gasteiger partial charge on any atom is 0.0730 e.